The topological polar surface area (TPSA) is 57.6 Å². The number of rotatable bonds is 3. The number of hydrogen-bond acceptors (Lipinski definition) is 2. The van der Waals surface area contributed by atoms with Crippen LogP contribution in [0.3, 0.4) is 0 Å². The van der Waals surface area contributed by atoms with Gasteiger partial charge in [0.2, 0.25) is 5.91 Å². The third kappa shape index (κ3) is 3.78. The molecule has 0 aromatic heterocycles. The summed E-state index contributed by atoms with van der Waals surface area (Å²) in [6.07, 6.45) is 6.88. The summed E-state index contributed by atoms with van der Waals surface area (Å²) in [7, 11) is 0. The molecule has 0 aromatic rings. The molecule has 0 aromatic carbocycles. The largest absolute Gasteiger partial charge is 0.481 e. The van der Waals surface area contributed by atoms with Crippen molar-refractivity contribution in [1.82, 2.24) is 4.90 Å². The molecule has 0 bridgehead atoms. The number of likely N-dealkylation sites (tertiary alicyclic amines) is 1. The number of nitrogens with zero attached hydrogens (tertiary/aromatic N) is 1. The van der Waals surface area contributed by atoms with Gasteiger partial charge in [-0.15, -0.1) is 0 Å². The lowest BCUT2D eigenvalue weighted by Crippen LogP contribution is -2.48. The molecule has 2 aliphatic rings. The second kappa shape index (κ2) is 6.37. The zero-order chi connectivity index (χ0) is 15.6. The van der Waals surface area contributed by atoms with Crippen LogP contribution in [0.1, 0.15) is 65.7 Å². The molecule has 1 aliphatic carbocycles. The van der Waals surface area contributed by atoms with E-state index in [4.69, 9.17) is 0 Å². The van der Waals surface area contributed by atoms with E-state index in [0.717, 1.165) is 12.8 Å². The maximum atomic E-state index is 12.7. The van der Waals surface area contributed by atoms with Crippen molar-refractivity contribution in [2.24, 2.45) is 17.3 Å². The number of carbonyl (C=O) groups is 2. The van der Waals surface area contributed by atoms with Gasteiger partial charge in [0.05, 0.1) is 5.92 Å². The summed E-state index contributed by atoms with van der Waals surface area (Å²) in [5, 5.41) is 9.19. The van der Waals surface area contributed by atoms with Gasteiger partial charge in [0.15, 0.2) is 0 Å². The number of aliphatic carboxylic acids is 1. The van der Waals surface area contributed by atoms with Crippen LogP contribution < -0.4 is 0 Å². The second-order valence-corrected chi connectivity index (χ2v) is 7.64. The Morgan fingerprint density at radius 2 is 1.90 bits per heavy atom. The Kier molecular flexibility index (Phi) is 4.95. The zero-order valence-electron chi connectivity index (χ0n) is 13.6. The van der Waals surface area contributed by atoms with Gasteiger partial charge in [-0.1, -0.05) is 26.7 Å². The average Bonchev–Trinajstić information content (AvgIpc) is 2.41. The van der Waals surface area contributed by atoms with Crippen LogP contribution in [0.15, 0.2) is 0 Å². The first kappa shape index (κ1) is 16.3. The average molecular weight is 295 g/mol. The molecule has 1 saturated carbocycles. The van der Waals surface area contributed by atoms with Gasteiger partial charge in [-0.2, -0.15) is 0 Å². The Morgan fingerprint density at radius 3 is 2.52 bits per heavy atom. The standard InChI is InChI=1S/C17H29NO3/c1-12-7-8-13(16(20)21)11-18(12)15(19)10-14-6-4-5-9-17(14,2)3/h12-14H,4-11H2,1-3H3,(H,20,21). The molecule has 1 N–H and O–H groups in total. The minimum atomic E-state index is -0.766. The smallest absolute Gasteiger partial charge is 0.308 e. The van der Waals surface area contributed by atoms with Crippen molar-refractivity contribution >= 4 is 11.9 Å². The zero-order valence-corrected chi connectivity index (χ0v) is 13.6. The van der Waals surface area contributed by atoms with Crippen LogP contribution >= 0.6 is 0 Å². The van der Waals surface area contributed by atoms with E-state index in [1.165, 1.54) is 19.3 Å². The van der Waals surface area contributed by atoms with Crippen molar-refractivity contribution in [3.05, 3.63) is 0 Å². The minimum Gasteiger partial charge on any atom is -0.481 e. The van der Waals surface area contributed by atoms with Crippen molar-refractivity contribution in [1.29, 1.82) is 0 Å². The Balaban J connectivity index is 1.99. The van der Waals surface area contributed by atoms with E-state index >= 15 is 0 Å². The second-order valence-electron chi connectivity index (χ2n) is 7.64. The van der Waals surface area contributed by atoms with E-state index in [0.29, 0.717) is 25.3 Å². The van der Waals surface area contributed by atoms with E-state index in [1.54, 1.807) is 0 Å². The molecule has 2 fully saturated rings. The van der Waals surface area contributed by atoms with E-state index in [2.05, 4.69) is 13.8 Å². The molecule has 1 heterocycles. The van der Waals surface area contributed by atoms with Gasteiger partial charge in [0.25, 0.3) is 0 Å². The molecule has 1 saturated heterocycles. The summed E-state index contributed by atoms with van der Waals surface area (Å²) < 4.78 is 0. The summed E-state index contributed by atoms with van der Waals surface area (Å²) in [4.78, 5) is 25.7. The molecule has 3 atom stereocenters. The fourth-order valence-electron chi connectivity index (χ4n) is 3.93. The highest BCUT2D eigenvalue weighted by Gasteiger charge is 2.37. The van der Waals surface area contributed by atoms with Gasteiger partial charge < -0.3 is 10.0 Å². The van der Waals surface area contributed by atoms with Crippen molar-refractivity contribution in [3.8, 4) is 0 Å². The summed E-state index contributed by atoms with van der Waals surface area (Å²) >= 11 is 0. The van der Waals surface area contributed by atoms with Crippen LogP contribution in [0.4, 0.5) is 0 Å². The van der Waals surface area contributed by atoms with Gasteiger partial charge in [-0.25, -0.2) is 0 Å². The van der Waals surface area contributed by atoms with Crippen molar-refractivity contribution in [2.75, 3.05) is 6.54 Å². The molecule has 3 unspecified atom stereocenters. The number of amides is 1. The Bertz CT molecular complexity index is 405. The first-order valence-corrected chi connectivity index (χ1v) is 8.33. The lowest BCUT2D eigenvalue weighted by Gasteiger charge is -2.41. The van der Waals surface area contributed by atoms with Crippen molar-refractivity contribution < 1.29 is 14.7 Å². The van der Waals surface area contributed by atoms with Crippen LogP contribution in [-0.2, 0) is 9.59 Å². The predicted molar refractivity (Wildman–Crippen MR) is 81.9 cm³/mol. The molecule has 0 radical (unpaired) electrons. The van der Waals surface area contributed by atoms with E-state index < -0.39 is 5.97 Å². The van der Waals surface area contributed by atoms with E-state index in [1.807, 2.05) is 11.8 Å². The predicted octanol–water partition coefficient (Wildman–Crippen LogP) is 3.30. The Hall–Kier alpha value is -1.06. The quantitative estimate of drug-likeness (QED) is 0.869. The van der Waals surface area contributed by atoms with Gasteiger partial charge in [-0.05, 0) is 43.9 Å². The molecule has 120 valence electrons. The van der Waals surface area contributed by atoms with E-state index in [-0.39, 0.29) is 23.3 Å². The summed E-state index contributed by atoms with van der Waals surface area (Å²) in [6, 6.07) is 0.180. The molecule has 4 heteroatoms. The molecule has 4 nitrogen and oxygen atoms in total. The van der Waals surface area contributed by atoms with Gasteiger partial charge in [0, 0.05) is 19.0 Å². The Labute approximate surface area is 127 Å². The van der Waals surface area contributed by atoms with Crippen molar-refractivity contribution in [2.45, 2.75) is 71.8 Å². The molecule has 0 spiro atoms. The Morgan fingerprint density at radius 1 is 1.19 bits per heavy atom. The third-order valence-electron chi connectivity index (χ3n) is 5.70. The number of carboxylic acids is 1. The molecule has 21 heavy (non-hydrogen) atoms. The molecular weight excluding hydrogens is 266 g/mol. The van der Waals surface area contributed by atoms with Crippen LogP contribution in [0.5, 0.6) is 0 Å². The van der Waals surface area contributed by atoms with E-state index in [9.17, 15) is 14.7 Å². The van der Waals surface area contributed by atoms with Crippen LogP contribution in [0.2, 0.25) is 0 Å². The molecular formula is C17H29NO3. The summed E-state index contributed by atoms with van der Waals surface area (Å²) in [6.45, 7) is 6.97. The fourth-order valence-corrected chi connectivity index (χ4v) is 3.93. The van der Waals surface area contributed by atoms with Crippen molar-refractivity contribution in [3.63, 3.8) is 0 Å². The maximum Gasteiger partial charge on any atom is 0.308 e. The summed E-state index contributed by atoms with van der Waals surface area (Å²) in [5.41, 5.74) is 0.235. The fraction of sp³-hybridized carbons (Fsp3) is 0.882. The van der Waals surface area contributed by atoms with Crippen LogP contribution in [0.25, 0.3) is 0 Å². The highest BCUT2D eigenvalue weighted by molar-refractivity contribution is 5.78. The number of hydrogen-bond donors (Lipinski definition) is 1. The normalized spacial score (nSPS) is 32.7. The van der Waals surface area contributed by atoms with Gasteiger partial charge >= 0.3 is 5.97 Å². The number of carboxylic acid groups (broad SMARTS) is 1. The SMILES string of the molecule is CC1CCC(C(=O)O)CN1C(=O)CC1CCCCC1(C)C. The third-order valence-corrected chi connectivity index (χ3v) is 5.70. The van der Waals surface area contributed by atoms with Crippen LogP contribution in [0, 0.1) is 17.3 Å². The molecule has 2 rings (SSSR count). The maximum absolute atomic E-state index is 12.7. The number of piperidine rings is 1. The first-order chi connectivity index (χ1) is 9.81. The lowest BCUT2D eigenvalue weighted by atomic mass is 9.67. The minimum absolute atomic E-state index is 0.161. The lowest BCUT2D eigenvalue weighted by molar-refractivity contribution is -0.147. The van der Waals surface area contributed by atoms with Gasteiger partial charge in [-0.3, -0.25) is 9.59 Å². The highest BCUT2D eigenvalue weighted by Crippen LogP contribution is 2.42. The monoisotopic (exact) mass is 295 g/mol. The van der Waals surface area contributed by atoms with Gasteiger partial charge in [0.1, 0.15) is 0 Å². The molecule has 1 amide bonds. The highest BCUT2D eigenvalue weighted by atomic mass is 16.4. The van der Waals surface area contributed by atoms with Crippen LogP contribution in [-0.4, -0.2) is 34.5 Å². The number of carbonyl (C=O) groups excluding carboxylic acids is 1. The molecule has 1 aliphatic heterocycles. The summed E-state index contributed by atoms with van der Waals surface area (Å²) in [5.74, 6) is -0.549. The first-order valence-electron chi connectivity index (χ1n) is 8.33.